The molecule has 0 aliphatic rings. The fourth-order valence-corrected chi connectivity index (χ4v) is 2.11. The van der Waals surface area contributed by atoms with Crippen LogP contribution in [-0.2, 0) is 6.61 Å². The Morgan fingerprint density at radius 3 is 2.67 bits per heavy atom. The minimum absolute atomic E-state index is 0.0518. The number of fused-ring (bicyclic) bond motifs is 1. The average Bonchev–Trinajstić information content (AvgIpc) is 2.93. The highest BCUT2D eigenvalue weighted by atomic mass is 19.1. The summed E-state index contributed by atoms with van der Waals surface area (Å²) in [5, 5.41) is 9.12. The third kappa shape index (κ3) is 2.58. The SMILES string of the molecule is O=C(O)c1cc2c(F)c(OCc3ccccc3)ccc2[nH]1. The van der Waals surface area contributed by atoms with Crippen molar-refractivity contribution in [2.24, 2.45) is 0 Å². The first-order valence-electron chi connectivity index (χ1n) is 6.36. The third-order valence-corrected chi connectivity index (χ3v) is 3.17. The van der Waals surface area contributed by atoms with Gasteiger partial charge in [-0.25, -0.2) is 9.18 Å². The number of ether oxygens (including phenoxy) is 1. The molecule has 0 atom stereocenters. The van der Waals surface area contributed by atoms with Crippen LogP contribution in [0.5, 0.6) is 5.75 Å². The Hall–Kier alpha value is -2.82. The zero-order valence-electron chi connectivity index (χ0n) is 11.0. The maximum absolute atomic E-state index is 14.3. The van der Waals surface area contributed by atoms with E-state index in [2.05, 4.69) is 4.98 Å². The summed E-state index contributed by atoms with van der Waals surface area (Å²) in [5.41, 5.74) is 1.30. The number of halogens is 1. The molecule has 2 N–H and O–H groups in total. The first-order valence-corrected chi connectivity index (χ1v) is 6.36. The van der Waals surface area contributed by atoms with Crippen LogP contribution in [0.2, 0.25) is 0 Å². The Balaban J connectivity index is 1.89. The number of benzene rings is 2. The Labute approximate surface area is 119 Å². The fraction of sp³-hybridized carbons (Fsp3) is 0.0625. The van der Waals surface area contributed by atoms with Gasteiger partial charge in [0.2, 0.25) is 0 Å². The maximum Gasteiger partial charge on any atom is 0.352 e. The molecule has 21 heavy (non-hydrogen) atoms. The van der Waals surface area contributed by atoms with Gasteiger partial charge in [-0.1, -0.05) is 30.3 Å². The number of aromatic amines is 1. The van der Waals surface area contributed by atoms with Crippen molar-refractivity contribution in [3.05, 3.63) is 65.6 Å². The molecule has 1 aromatic heterocycles. The molecule has 0 bridgehead atoms. The number of hydrogen-bond donors (Lipinski definition) is 2. The first-order chi connectivity index (χ1) is 10.1. The highest BCUT2D eigenvalue weighted by Crippen LogP contribution is 2.27. The molecule has 0 saturated heterocycles. The molecule has 0 aliphatic carbocycles. The van der Waals surface area contributed by atoms with Crippen LogP contribution in [0.15, 0.2) is 48.5 Å². The topological polar surface area (TPSA) is 62.3 Å². The third-order valence-electron chi connectivity index (χ3n) is 3.17. The Morgan fingerprint density at radius 1 is 1.19 bits per heavy atom. The molecule has 0 radical (unpaired) electrons. The van der Waals surface area contributed by atoms with Crippen LogP contribution >= 0.6 is 0 Å². The summed E-state index contributed by atoms with van der Waals surface area (Å²) in [7, 11) is 0. The molecule has 3 aromatic rings. The molecule has 0 aliphatic heterocycles. The lowest BCUT2D eigenvalue weighted by molar-refractivity contribution is 0.0691. The second-order valence-electron chi connectivity index (χ2n) is 4.60. The molecule has 1 heterocycles. The van der Waals surface area contributed by atoms with E-state index in [9.17, 15) is 9.18 Å². The fourth-order valence-electron chi connectivity index (χ4n) is 2.11. The minimum atomic E-state index is -1.13. The van der Waals surface area contributed by atoms with Crippen molar-refractivity contribution >= 4 is 16.9 Å². The number of aromatic nitrogens is 1. The van der Waals surface area contributed by atoms with Crippen molar-refractivity contribution in [3.63, 3.8) is 0 Å². The lowest BCUT2D eigenvalue weighted by Gasteiger charge is -2.07. The van der Waals surface area contributed by atoms with Gasteiger partial charge >= 0.3 is 5.97 Å². The number of hydrogen-bond acceptors (Lipinski definition) is 2. The van der Waals surface area contributed by atoms with Crippen molar-refractivity contribution in [3.8, 4) is 5.75 Å². The van der Waals surface area contributed by atoms with E-state index in [0.29, 0.717) is 5.52 Å². The van der Waals surface area contributed by atoms with E-state index in [1.54, 1.807) is 6.07 Å². The predicted octanol–water partition coefficient (Wildman–Crippen LogP) is 3.58. The summed E-state index contributed by atoms with van der Waals surface area (Å²) >= 11 is 0. The standard InChI is InChI=1S/C16H12FNO3/c17-15-11-8-13(16(19)20)18-12(11)6-7-14(15)21-9-10-4-2-1-3-5-10/h1-8,18H,9H2,(H,19,20). The normalized spacial score (nSPS) is 10.7. The van der Waals surface area contributed by atoms with Gasteiger partial charge in [0.05, 0.1) is 0 Å². The van der Waals surface area contributed by atoms with Crippen LogP contribution in [0.4, 0.5) is 4.39 Å². The maximum atomic E-state index is 14.3. The lowest BCUT2D eigenvalue weighted by atomic mass is 10.2. The van der Waals surface area contributed by atoms with Crippen LogP contribution in [0, 0.1) is 5.82 Å². The molecule has 2 aromatic carbocycles. The molecule has 0 amide bonds. The molecule has 106 valence electrons. The predicted molar refractivity (Wildman–Crippen MR) is 76.0 cm³/mol. The van der Waals surface area contributed by atoms with E-state index < -0.39 is 11.8 Å². The van der Waals surface area contributed by atoms with E-state index in [4.69, 9.17) is 9.84 Å². The summed E-state index contributed by atoms with van der Waals surface area (Å²) in [4.78, 5) is 13.5. The Bertz CT molecular complexity index is 796. The monoisotopic (exact) mass is 285 g/mol. The summed E-state index contributed by atoms with van der Waals surface area (Å²) < 4.78 is 19.8. The van der Waals surface area contributed by atoms with Gasteiger partial charge in [-0.15, -0.1) is 0 Å². The van der Waals surface area contributed by atoms with E-state index in [0.717, 1.165) is 5.56 Å². The Morgan fingerprint density at radius 2 is 1.95 bits per heavy atom. The van der Waals surface area contributed by atoms with Crippen LogP contribution in [0.1, 0.15) is 16.1 Å². The number of nitrogens with one attached hydrogen (secondary N) is 1. The number of carbonyl (C=O) groups is 1. The van der Waals surface area contributed by atoms with Crippen molar-refractivity contribution in [1.29, 1.82) is 0 Å². The van der Waals surface area contributed by atoms with Crippen LogP contribution < -0.4 is 4.74 Å². The largest absolute Gasteiger partial charge is 0.486 e. The first kappa shape index (κ1) is 13.2. The van der Waals surface area contributed by atoms with Gasteiger partial charge in [-0.05, 0) is 23.8 Å². The number of carboxylic acid groups (broad SMARTS) is 1. The van der Waals surface area contributed by atoms with Gasteiger partial charge in [-0.2, -0.15) is 0 Å². The van der Waals surface area contributed by atoms with Crippen molar-refractivity contribution in [2.45, 2.75) is 6.61 Å². The second kappa shape index (κ2) is 5.28. The summed E-state index contributed by atoms with van der Waals surface area (Å²) in [6, 6.07) is 13.8. The molecule has 0 unspecified atom stereocenters. The van der Waals surface area contributed by atoms with Gasteiger partial charge in [0.15, 0.2) is 11.6 Å². The van der Waals surface area contributed by atoms with E-state index in [1.165, 1.54) is 12.1 Å². The summed E-state index contributed by atoms with van der Waals surface area (Å²) in [5.74, 6) is -1.59. The molecule has 0 fully saturated rings. The van der Waals surface area contributed by atoms with Crippen molar-refractivity contribution in [1.82, 2.24) is 4.98 Å². The Kier molecular flexibility index (Phi) is 3.31. The van der Waals surface area contributed by atoms with Crippen molar-refractivity contribution < 1.29 is 19.0 Å². The molecule has 5 heteroatoms. The lowest BCUT2D eigenvalue weighted by Crippen LogP contribution is -1.97. The summed E-state index contributed by atoms with van der Waals surface area (Å²) in [6.45, 7) is 0.249. The number of rotatable bonds is 4. The van der Waals surface area contributed by atoms with Gasteiger partial charge in [0.1, 0.15) is 12.3 Å². The highest BCUT2D eigenvalue weighted by molar-refractivity contribution is 5.94. The van der Waals surface area contributed by atoms with Crippen LogP contribution in [0.3, 0.4) is 0 Å². The van der Waals surface area contributed by atoms with E-state index in [1.807, 2.05) is 30.3 Å². The second-order valence-corrected chi connectivity index (χ2v) is 4.60. The zero-order valence-corrected chi connectivity index (χ0v) is 11.0. The van der Waals surface area contributed by atoms with Crippen LogP contribution in [0.25, 0.3) is 10.9 Å². The number of H-pyrrole nitrogens is 1. The smallest absolute Gasteiger partial charge is 0.352 e. The molecular formula is C16H12FNO3. The average molecular weight is 285 g/mol. The quantitative estimate of drug-likeness (QED) is 0.770. The number of carboxylic acids is 1. The van der Waals surface area contributed by atoms with Crippen LogP contribution in [-0.4, -0.2) is 16.1 Å². The number of aromatic carboxylic acids is 1. The molecule has 0 saturated carbocycles. The highest BCUT2D eigenvalue weighted by Gasteiger charge is 2.14. The van der Waals surface area contributed by atoms with E-state index in [-0.39, 0.29) is 23.4 Å². The van der Waals surface area contributed by atoms with Gasteiger partial charge in [0, 0.05) is 10.9 Å². The van der Waals surface area contributed by atoms with Gasteiger partial charge in [0.25, 0.3) is 0 Å². The molecule has 3 rings (SSSR count). The molecule has 4 nitrogen and oxygen atoms in total. The summed E-state index contributed by atoms with van der Waals surface area (Å²) in [6.07, 6.45) is 0. The molecular weight excluding hydrogens is 273 g/mol. The van der Waals surface area contributed by atoms with E-state index >= 15 is 0 Å². The van der Waals surface area contributed by atoms with Gasteiger partial charge < -0.3 is 14.8 Å². The molecule has 0 spiro atoms. The van der Waals surface area contributed by atoms with Gasteiger partial charge in [-0.3, -0.25) is 0 Å². The zero-order chi connectivity index (χ0) is 14.8. The van der Waals surface area contributed by atoms with Crippen molar-refractivity contribution in [2.75, 3.05) is 0 Å². The minimum Gasteiger partial charge on any atom is -0.486 e.